The van der Waals surface area contributed by atoms with E-state index in [0.717, 1.165) is 0 Å². The van der Waals surface area contributed by atoms with Gasteiger partial charge in [-0.05, 0) is 423 Å². The molecule has 0 radical (unpaired) electrons. The summed E-state index contributed by atoms with van der Waals surface area (Å²) in [6.45, 7) is 53.5. The minimum absolute atomic E-state index is 1.32. The normalized spacial score (nSPS) is 12.2. The van der Waals surface area contributed by atoms with Crippen LogP contribution in [0.4, 0.5) is 0 Å². The molecule has 0 fully saturated rings. The number of aromatic nitrogens is 6. The third-order valence-corrected chi connectivity index (χ3v) is 35.3. The molecular weight excluding hydrogens is 1810 g/mol. The van der Waals surface area contributed by atoms with E-state index in [0.29, 0.717) is 0 Å². The number of benzene rings is 24. The number of fused-ring (bicyclic) bond motifs is 12. The topological polar surface area (TPSA) is 23.3 Å². The number of aryl methyl sites for hydroxylation is 30. The van der Waals surface area contributed by atoms with Crippen molar-refractivity contribution in [3.05, 3.63) is 389 Å². The molecule has 0 atom stereocenters. The van der Waals surface area contributed by atoms with Crippen LogP contribution in [-0.4, -0.2) is 0 Å². The zero-order valence-electron chi connectivity index (χ0n) is 92.9. The lowest BCUT2D eigenvalue weighted by Crippen LogP contribution is -2.29. The molecule has 30 rings (SSSR count). The smallest absolute Gasteiger partial charge is 0.200 e. The molecule has 0 aliphatic heterocycles. The highest BCUT2D eigenvalue weighted by Gasteiger charge is 2.32. The van der Waals surface area contributed by atoms with E-state index >= 15 is 0 Å². The number of pyridine rings is 6. The van der Waals surface area contributed by atoms with Gasteiger partial charge in [-0.15, -0.1) is 0 Å². The van der Waals surface area contributed by atoms with Crippen molar-refractivity contribution in [1.82, 2.24) is 0 Å². The molecule has 0 unspecified atom stereocenters. The fourth-order valence-electron chi connectivity index (χ4n) is 27.7. The van der Waals surface area contributed by atoms with E-state index in [1.807, 2.05) is 0 Å². The van der Waals surface area contributed by atoms with Crippen LogP contribution in [-0.2, 0) is 42.3 Å². The molecule has 0 aliphatic rings. The molecule has 0 spiro atoms. The van der Waals surface area contributed by atoms with Gasteiger partial charge in [0.05, 0.1) is 64.6 Å². The molecule has 150 heavy (non-hydrogen) atoms. The van der Waals surface area contributed by atoms with Gasteiger partial charge in [0.1, 0.15) is 42.3 Å². The van der Waals surface area contributed by atoms with Crippen LogP contribution in [0.25, 0.3) is 259 Å². The van der Waals surface area contributed by atoms with E-state index in [1.165, 1.54) is 393 Å². The Morgan fingerprint density at radius 3 is 0.607 bits per heavy atom. The summed E-state index contributed by atoms with van der Waals surface area (Å²) >= 11 is 0. The van der Waals surface area contributed by atoms with Gasteiger partial charge in [-0.3, -0.25) is 0 Å². The largest absolute Gasteiger partial charge is 0.221 e. The summed E-state index contributed by atoms with van der Waals surface area (Å²) in [4.78, 5) is 0. The molecule has 30 aromatic rings. The van der Waals surface area contributed by atoms with Crippen molar-refractivity contribution >= 4 is 259 Å². The average Bonchev–Trinajstić information content (AvgIpc) is 0.743. The first-order chi connectivity index (χ1) is 71.8. The molecule has 6 heteroatoms. The predicted octanol–water partition coefficient (Wildman–Crippen LogP) is 34.8. The van der Waals surface area contributed by atoms with Gasteiger partial charge in [-0.25, -0.2) is 27.4 Å². The van der Waals surface area contributed by atoms with Gasteiger partial charge in [0.15, 0.2) is 37.2 Å². The highest BCUT2D eigenvalue weighted by Crippen LogP contribution is 2.51. The first-order valence-corrected chi connectivity index (χ1v) is 53.6. The molecule has 0 N–H and O–H groups in total. The van der Waals surface area contributed by atoms with Crippen LogP contribution in [0.15, 0.2) is 256 Å². The maximum atomic E-state index is 2.38. The molecule has 0 aliphatic carbocycles. The van der Waals surface area contributed by atoms with Crippen LogP contribution in [0.3, 0.4) is 0 Å². The van der Waals surface area contributed by atoms with E-state index in [-0.39, 0.29) is 0 Å². The second-order valence-corrected chi connectivity index (χ2v) is 45.8. The average molecular weight is 1950 g/mol. The molecule has 0 saturated heterocycles. The monoisotopic (exact) mass is 1950 g/mol. The Hall–Kier alpha value is -16.0. The van der Waals surface area contributed by atoms with Gasteiger partial charge in [0.2, 0.25) is 33.1 Å². The first-order valence-electron chi connectivity index (χ1n) is 53.6. The third kappa shape index (κ3) is 14.1. The number of nitrogens with zero attached hydrogens (tertiary/aromatic N) is 6. The fourth-order valence-corrected chi connectivity index (χ4v) is 27.7. The molecule has 0 saturated carbocycles. The molecule has 6 nitrogen and oxygen atoms in total. The van der Waals surface area contributed by atoms with Crippen LogP contribution in [0.2, 0.25) is 0 Å². The molecule has 24 aromatic carbocycles. The summed E-state index contributed by atoms with van der Waals surface area (Å²) in [6.07, 6.45) is 13.3. The van der Waals surface area contributed by atoms with Gasteiger partial charge < -0.3 is 0 Å². The minimum atomic E-state index is 1.32. The van der Waals surface area contributed by atoms with Gasteiger partial charge >= 0.3 is 0 Å². The lowest BCUT2D eigenvalue weighted by molar-refractivity contribution is -0.644. The summed E-state index contributed by atoms with van der Waals surface area (Å²) in [7, 11) is 13.1. The SMILES string of the molecule is Cc1cc2c(C)c[n+](C)c3c4c(C)c(C)cc5cccc(c(c1)c23)c54.Cc1cc2c3cccc4cc(C)c(C)c(c43)c3c2c(cc[n+]3C)c1C.Cc1cc2cc(C)c(C)c3c2c(c1)c1cc(C)cc2cc[n+](C)c3c21.Cc1cc2cc(C)c(C)c3c2c(c1)c1cc(C)cc2cc[n+](C)c3c21.Cc1cc2cc(C)c(C)c3c2c(c1)c1cc(C)cc2cc[n+](C)c3c21.Cc1cc2cc(C)c(C)c3c2c(c1)c1cc(C)cc2cc[n+](C)c3c21. The van der Waals surface area contributed by atoms with E-state index < -0.39 is 0 Å². The van der Waals surface area contributed by atoms with Gasteiger partial charge in [0, 0.05) is 68.2 Å². The fraction of sp³-hybridized carbons (Fsp3) is 0.208. The highest BCUT2D eigenvalue weighted by molar-refractivity contribution is 6.39. The Morgan fingerprint density at radius 1 is 0.127 bits per heavy atom. The number of hydrogen-bond donors (Lipinski definition) is 0. The highest BCUT2D eigenvalue weighted by atomic mass is 14.9. The second kappa shape index (κ2) is 34.3. The Bertz CT molecular complexity index is 10200. The summed E-state index contributed by atoms with van der Waals surface area (Å²) in [5, 5.41) is 58.1. The first kappa shape index (κ1) is 94.9. The van der Waals surface area contributed by atoms with Crippen molar-refractivity contribution in [2.45, 2.75) is 166 Å². The molecule has 0 bridgehead atoms. The molecular formula is C144H132N6+6. The quantitative estimate of drug-likeness (QED) is 0.0821. The molecule has 732 valence electrons. The molecule has 6 aromatic heterocycles. The lowest BCUT2D eigenvalue weighted by atomic mass is 9.86. The van der Waals surface area contributed by atoms with Gasteiger partial charge in [-0.2, -0.15) is 0 Å². The maximum absolute atomic E-state index is 2.38. The zero-order chi connectivity index (χ0) is 105. The summed E-state index contributed by atoms with van der Waals surface area (Å²) in [5.41, 5.74) is 40.8. The number of rotatable bonds is 0. The van der Waals surface area contributed by atoms with Crippen molar-refractivity contribution < 1.29 is 27.4 Å². The Balaban J connectivity index is 0.0000000932. The van der Waals surface area contributed by atoms with E-state index in [1.54, 1.807) is 0 Å². The Labute approximate surface area is 878 Å². The maximum Gasteiger partial charge on any atom is 0.221 e. The van der Waals surface area contributed by atoms with Crippen molar-refractivity contribution in [2.75, 3.05) is 0 Å². The van der Waals surface area contributed by atoms with Crippen molar-refractivity contribution in [3.63, 3.8) is 0 Å². The van der Waals surface area contributed by atoms with E-state index in [4.69, 9.17) is 0 Å². The number of hydrogen-bond acceptors (Lipinski definition) is 0. The standard InChI is InChI=1S/6C24H22N/c4*1-13-8-17-6-7-25(5)24-21-16(4)15(3)12-18-9-14(2)10-19(22(18)21)20(11-13)23(17)24;1-13-9-19-15(3)12-25(5)24-21-16(4)14(2)11-17-7-6-8-18(22(17)21)20(10-13)23(19)24;1-13-11-17-7-6-8-19-20-12-14(2)15(3)18-9-10-25(5)24(23(18)20)21(16(13)4)22(17)19/h6*6-12H,1-5H3/q6*+1. The summed E-state index contributed by atoms with van der Waals surface area (Å²) in [5.74, 6) is 0. The van der Waals surface area contributed by atoms with Crippen LogP contribution in [0.1, 0.15) is 134 Å². The molecule has 6 heterocycles. The van der Waals surface area contributed by atoms with Crippen LogP contribution >= 0.6 is 0 Å². The molecule has 0 amide bonds. The summed E-state index contributed by atoms with van der Waals surface area (Å²) in [6, 6.07) is 83.4. The second-order valence-electron chi connectivity index (χ2n) is 45.8. The van der Waals surface area contributed by atoms with Gasteiger partial charge in [0.25, 0.3) is 0 Å². The van der Waals surface area contributed by atoms with Crippen molar-refractivity contribution in [3.8, 4) is 0 Å². The predicted molar refractivity (Wildman–Crippen MR) is 647 cm³/mol. The Kier molecular flexibility index (Phi) is 21.7. The van der Waals surface area contributed by atoms with Crippen molar-refractivity contribution in [2.24, 2.45) is 42.3 Å². The third-order valence-electron chi connectivity index (χ3n) is 35.3. The Morgan fingerprint density at radius 2 is 0.320 bits per heavy atom. The summed E-state index contributed by atoms with van der Waals surface area (Å²) < 4.78 is 13.8. The van der Waals surface area contributed by atoms with E-state index in [9.17, 15) is 0 Å². The minimum Gasteiger partial charge on any atom is -0.200 e. The van der Waals surface area contributed by atoms with E-state index in [2.05, 4.69) is 491 Å². The van der Waals surface area contributed by atoms with Gasteiger partial charge in [-0.1, -0.05) is 188 Å². The van der Waals surface area contributed by atoms with Crippen molar-refractivity contribution in [1.29, 1.82) is 0 Å². The van der Waals surface area contributed by atoms with Crippen LogP contribution in [0, 0.1) is 166 Å². The zero-order valence-corrected chi connectivity index (χ0v) is 92.9. The van der Waals surface area contributed by atoms with Crippen LogP contribution < -0.4 is 27.4 Å². The van der Waals surface area contributed by atoms with Crippen LogP contribution in [0.5, 0.6) is 0 Å². The lowest BCUT2D eigenvalue weighted by Gasteiger charge is -2.17.